The summed E-state index contributed by atoms with van der Waals surface area (Å²) in [6, 6.07) is 6.98. The number of hydrogen-bond acceptors (Lipinski definition) is 3. The van der Waals surface area contributed by atoms with E-state index in [-0.39, 0.29) is 24.4 Å². The van der Waals surface area contributed by atoms with Crippen molar-refractivity contribution >= 4 is 41.0 Å². The van der Waals surface area contributed by atoms with E-state index >= 15 is 0 Å². The van der Waals surface area contributed by atoms with Crippen molar-refractivity contribution in [1.29, 1.82) is 0 Å². The molecular weight excluding hydrogens is 377 g/mol. The molecule has 0 bridgehead atoms. The number of alkyl halides is 2. The lowest BCUT2D eigenvalue weighted by atomic mass is 10.1. The van der Waals surface area contributed by atoms with Crippen LogP contribution in [0.2, 0.25) is 0 Å². The molecule has 3 rings (SSSR count). The van der Waals surface area contributed by atoms with Crippen LogP contribution in [0.1, 0.15) is 38.3 Å². The van der Waals surface area contributed by atoms with Gasteiger partial charge in [-0.05, 0) is 38.3 Å². The predicted octanol–water partition coefficient (Wildman–Crippen LogP) is 2.72. The summed E-state index contributed by atoms with van der Waals surface area (Å²) in [5.74, 6) is -0.421. The Labute approximate surface area is 162 Å². The summed E-state index contributed by atoms with van der Waals surface area (Å²) in [4.78, 5) is 37.5. The zero-order valence-corrected chi connectivity index (χ0v) is 16.4. The third-order valence-electron chi connectivity index (χ3n) is 5.02. The first-order chi connectivity index (χ1) is 12.0. The van der Waals surface area contributed by atoms with Crippen molar-refractivity contribution in [3.8, 4) is 0 Å². The van der Waals surface area contributed by atoms with Gasteiger partial charge in [-0.25, -0.2) is 4.79 Å². The molecule has 1 saturated carbocycles. The molecule has 6 nitrogen and oxygen atoms in total. The van der Waals surface area contributed by atoms with Gasteiger partial charge in [0.2, 0.25) is 5.91 Å². The third-order valence-corrected chi connectivity index (χ3v) is 6.12. The van der Waals surface area contributed by atoms with Crippen molar-refractivity contribution in [2.24, 2.45) is 5.41 Å². The molecule has 2 aliphatic rings. The van der Waals surface area contributed by atoms with Crippen LogP contribution in [0.15, 0.2) is 24.3 Å². The number of urea groups is 1. The standard InChI is InChI=1S/C18H21Cl2N3O3/c1-16(2)14(25)23(15(26)22-16)9-12-6-4-11(5-7-12)8-21-13(24)17(3)10-18(17,19)20/h4-7H,8-10H2,1-3H3,(H,21,24)(H,22,26)/t17-/m0/s1. The highest BCUT2D eigenvalue weighted by molar-refractivity contribution is 6.53. The van der Waals surface area contributed by atoms with E-state index in [0.717, 1.165) is 11.1 Å². The van der Waals surface area contributed by atoms with E-state index in [1.54, 1.807) is 20.8 Å². The fourth-order valence-electron chi connectivity index (χ4n) is 2.93. The van der Waals surface area contributed by atoms with Gasteiger partial charge in [-0.1, -0.05) is 24.3 Å². The first-order valence-corrected chi connectivity index (χ1v) is 9.10. The molecule has 0 spiro atoms. The molecule has 1 aromatic carbocycles. The Balaban J connectivity index is 1.57. The van der Waals surface area contributed by atoms with E-state index in [2.05, 4.69) is 10.6 Å². The Morgan fingerprint density at radius 2 is 1.69 bits per heavy atom. The Morgan fingerprint density at radius 3 is 2.15 bits per heavy atom. The van der Waals surface area contributed by atoms with E-state index in [1.807, 2.05) is 24.3 Å². The van der Waals surface area contributed by atoms with Crippen molar-refractivity contribution in [3.63, 3.8) is 0 Å². The number of carbonyl (C=O) groups excluding carboxylic acids is 3. The maximum atomic E-state index is 12.2. The second-order valence-electron chi connectivity index (χ2n) is 7.66. The highest BCUT2D eigenvalue weighted by Gasteiger charge is 2.67. The summed E-state index contributed by atoms with van der Waals surface area (Å²) < 4.78 is -0.989. The molecule has 1 aromatic rings. The number of nitrogens with one attached hydrogen (secondary N) is 2. The fourth-order valence-corrected chi connectivity index (χ4v) is 3.64. The van der Waals surface area contributed by atoms with Crippen LogP contribution < -0.4 is 10.6 Å². The molecule has 1 aliphatic heterocycles. The zero-order chi connectivity index (χ0) is 19.3. The number of rotatable bonds is 5. The Hall–Kier alpha value is -1.79. The molecule has 0 unspecified atom stereocenters. The van der Waals surface area contributed by atoms with Crippen LogP contribution in [0.25, 0.3) is 0 Å². The topological polar surface area (TPSA) is 78.5 Å². The highest BCUT2D eigenvalue weighted by atomic mass is 35.5. The van der Waals surface area contributed by atoms with Crippen LogP contribution in [0.5, 0.6) is 0 Å². The number of benzene rings is 1. The molecule has 1 aliphatic carbocycles. The maximum Gasteiger partial charge on any atom is 0.325 e. The van der Waals surface area contributed by atoms with E-state index in [1.165, 1.54) is 4.90 Å². The summed E-state index contributed by atoms with van der Waals surface area (Å²) in [6.45, 7) is 5.66. The van der Waals surface area contributed by atoms with Crippen molar-refractivity contribution in [1.82, 2.24) is 15.5 Å². The molecule has 26 heavy (non-hydrogen) atoms. The van der Waals surface area contributed by atoms with Gasteiger partial charge in [0.25, 0.3) is 5.91 Å². The van der Waals surface area contributed by atoms with Gasteiger partial charge < -0.3 is 10.6 Å². The quantitative estimate of drug-likeness (QED) is 0.592. The van der Waals surface area contributed by atoms with Crippen molar-refractivity contribution in [2.45, 2.75) is 50.2 Å². The predicted molar refractivity (Wildman–Crippen MR) is 98.6 cm³/mol. The number of hydrogen-bond donors (Lipinski definition) is 2. The molecule has 1 heterocycles. The maximum absolute atomic E-state index is 12.2. The van der Waals surface area contributed by atoms with Crippen LogP contribution in [-0.4, -0.2) is 32.6 Å². The SMILES string of the molecule is CC1(C)NC(=O)N(Cc2ccc(CNC(=O)[C@]3(C)CC3(Cl)Cl)cc2)C1=O. The third kappa shape index (κ3) is 3.28. The number of carbonyl (C=O) groups is 3. The van der Waals surface area contributed by atoms with E-state index in [4.69, 9.17) is 23.2 Å². The second kappa shape index (κ2) is 6.13. The number of nitrogens with zero attached hydrogens (tertiary/aromatic N) is 1. The van der Waals surface area contributed by atoms with Gasteiger partial charge in [0.05, 0.1) is 12.0 Å². The second-order valence-corrected chi connectivity index (χ2v) is 9.14. The summed E-state index contributed by atoms with van der Waals surface area (Å²) >= 11 is 12.0. The summed E-state index contributed by atoms with van der Waals surface area (Å²) in [6.07, 6.45) is 0.441. The van der Waals surface area contributed by atoms with Crippen molar-refractivity contribution in [2.75, 3.05) is 0 Å². The summed E-state index contributed by atoms with van der Waals surface area (Å²) in [7, 11) is 0. The molecule has 1 saturated heterocycles. The van der Waals surface area contributed by atoms with Crippen LogP contribution in [0, 0.1) is 5.41 Å². The van der Waals surface area contributed by atoms with Gasteiger partial charge in [-0.2, -0.15) is 0 Å². The van der Waals surface area contributed by atoms with Crippen LogP contribution >= 0.6 is 23.2 Å². The molecular formula is C18H21Cl2N3O3. The lowest BCUT2D eigenvalue weighted by molar-refractivity contribution is -0.130. The van der Waals surface area contributed by atoms with E-state index in [9.17, 15) is 14.4 Å². The lowest BCUT2D eigenvalue weighted by Crippen LogP contribution is -2.40. The zero-order valence-electron chi connectivity index (χ0n) is 14.9. The van der Waals surface area contributed by atoms with Gasteiger partial charge >= 0.3 is 6.03 Å². The van der Waals surface area contributed by atoms with Gasteiger partial charge in [-0.3, -0.25) is 14.5 Å². The molecule has 0 aromatic heterocycles. The minimum Gasteiger partial charge on any atom is -0.351 e. The summed E-state index contributed by atoms with van der Waals surface area (Å²) in [5, 5.41) is 5.49. The van der Waals surface area contributed by atoms with Crippen LogP contribution in [0.4, 0.5) is 4.79 Å². The van der Waals surface area contributed by atoms with E-state index < -0.39 is 15.3 Å². The minimum absolute atomic E-state index is 0.173. The molecule has 8 heteroatoms. The van der Waals surface area contributed by atoms with Gasteiger partial charge in [0, 0.05) is 6.54 Å². The molecule has 140 valence electrons. The van der Waals surface area contributed by atoms with Gasteiger partial charge in [0.1, 0.15) is 9.87 Å². The van der Waals surface area contributed by atoms with Crippen molar-refractivity contribution in [3.05, 3.63) is 35.4 Å². The van der Waals surface area contributed by atoms with Gasteiger partial charge in [-0.15, -0.1) is 23.2 Å². The van der Waals surface area contributed by atoms with Crippen molar-refractivity contribution < 1.29 is 14.4 Å². The first kappa shape index (κ1) is 19.0. The Bertz CT molecular complexity index is 776. The summed E-state index contributed by atoms with van der Waals surface area (Å²) in [5.41, 5.74) is 0.113. The molecule has 4 amide bonds. The Morgan fingerprint density at radius 1 is 1.15 bits per heavy atom. The number of imide groups is 1. The fraction of sp³-hybridized carbons (Fsp3) is 0.500. The minimum atomic E-state index is -0.989. The van der Waals surface area contributed by atoms with E-state index in [0.29, 0.717) is 13.0 Å². The van der Waals surface area contributed by atoms with Crippen LogP contribution in [0.3, 0.4) is 0 Å². The average Bonchev–Trinajstić information content (AvgIpc) is 3.02. The monoisotopic (exact) mass is 397 g/mol. The first-order valence-electron chi connectivity index (χ1n) is 8.34. The number of amides is 4. The van der Waals surface area contributed by atoms with Crippen LogP contribution in [-0.2, 0) is 22.7 Å². The number of halogens is 2. The van der Waals surface area contributed by atoms with Gasteiger partial charge in [0.15, 0.2) is 0 Å². The smallest absolute Gasteiger partial charge is 0.325 e. The normalized spacial score (nSPS) is 25.8. The lowest BCUT2D eigenvalue weighted by Gasteiger charge is -2.16. The Kier molecular flexibility index (Phi) is 4.48. The molecule has 1 atom stereocenters. The largest absolute Gasteiger partial charge is 0.351 e. The molecule has 2 N–H and O–H groups in total. The molecule has 0 radical (unpaired) electrons. The highest BCUT2D eigenvalue weighted by Crippen LogP contribution is 2.63. The molecule has 2 fully saturated rings. The average molecular weight is 398 g/mol.